The van der Waals surface area contributed by atoms with Crippen molar-refractivity contribution in [2.45, 2.75) is 20.3 Å². The molecule has 3 aromatic carbocycles. The van der Waals surface area contributed by atoms with Crippen LogP contribution in [0.3, 0.4) is 0 Å². The largest absolute Gasteiger partial charge is 0.462 e. The van der Waals surface area contributed by atoms with Crippen molar-refractivity contribution in [2.75, 3.05) is 0 Å². The Hall–Kier alpha value is -3.32. The van der Waals surface area contributed by atoms with E-state index in [1.807, 2.05) is 13.0 Å². The zero-order chi connectivity index (χ0) is 19.1. The Kier molecular flexibility index (Phi) is 4.02. The molecule has 0 atom stereocenters. The van der Waals surface area contributed by atoms with Gasteiger partial charge in [-0.1, -0.05) is 66.7 Å². The van der Waals surface area contributed by atoms with Crippen LogP contribution in [0.25, 0.3) is 33.9 Å². The molecule has 0 radical (unpaired) electrons. The summed E-state index contributed by atoms with van der Waals surface area (Å²) >= 11 is 0. The summed E-state index contributed by atoms with van der Waals surface area (Å²) in [6.07, 6.45) is 3.24. The van der Waals surface area contributed by atoms with E-state index in [4.69, 9.17) is 4.42 Å². The predicted molar refractivity (Wildman–Crippen MR) is 117 cm³/mol. The van der Waals surface area contributed by atoms with E-state index in [2.05, 4.69) is 85.8 Å². The standard InChI is InChI=1S/C27H22O/c1-18-12-14-21-16-22(26-15-13-19(2)28-26)17-25(21)27(18)24-11-7-6-10-23(24)20-8-4-3-5-9-20/h3-15,17H,16H2,1-2H3. The number of hydrogen-bond donors (Lipinski definition) is 0. The summed E-state index contributed by atoms with van der Waals surface area (Å²) in [6, 6.07) is 28.0. The second-order valence-electron chi connectivity index (χ2n) is 7.50. The molecule has 4 aromatic rings. The van der Waals surface area contributed by atoms with Crippen LogP contribution in [0.5, 0.6) is 0 Å². The minimum absolute atomic E-state index is 0.920. The lowest BCUT2D eigenvalue weighted by Crippen LogP contribution is -1.93. The molecule has 0 spiro atoms. The number of rotatable bonds is 3. The minimum atomic E-state index is 0.920. The number of furan rings is 1. The Balaban J connectivity index is 1.70. The Morgan fingerprint density at radius 2 is 1.46 bits per heavy atom. The van der Waals surface area contributed by atoms with Gasteiger partial charge in [0.2, 0.25) is 0 Å². The third kappa shape index (κ3) is 2.80. The molecule has 0 saturated carbocycles. The summed E-state index contributed by atoms with van der Waals surface area (Å²) in [5.41, 5.74) is 10.4. The Morgan fingerprint density at radius 1 is 0.714 bits per heavy atom. The average Bonchev–Trinajstić information content (AvgIpc) is 3.35. The first-order valence-electron chi connectivity index (χ1n) is 9.75. The highest BCUT2D eigenvalue weighted by molar-refractivity contribution is 5.97. The normalized spacial score (nSPS) is 12.7. The van der Waals surface area contributed by atoms with Crippen LogP contribution < -0.4 is 0 Å². The number of allylic oxidation sites excluding steroid dienone is 1. The highest BCUT2D eigenvalue weighted by atomic mass is 16.3. The maximum Gasteiger partial charge on any atom is 0.130 e. The molecule has 1 aromatic heterocycles. The van der Waals surface area contributed by atoms with E-state index >= 15 is 0 Å². The lowest BCUT2D eigenvalue weighted by molar-refractivity contribution is 0.521. The third-order valence-corrected chi connectivity index (χ3v) is 5.58. The summed E-state index contributed by atoms with van der Waals surface area (Å²) in [4.78, 5) is 0. The van der Waals surface area contributed by atoms with E-state index in [1.165, 1.54) is 44.5 Å². The second-order valence-corrected chi connectivity index (χ2v) is 7.50. The maximum atomic E-state index is 5.90. The number of fused-ring (bicyclic) bond motifs is 1. The second kappa shape index (κ2) is 6.69. The molecule has 5 rings (SSSR count). The van der Waals surface area contributed by atoms with Crippen LogP contribution in [0.1, 0.15) is 28.2 Å². The zero-order valence-corrected chi connectivity index (χ0v) is 16.2. The van der Waals surface area contributed by atoms with E-state index < -0.39 is 0 Å². The van der Waals surface area contributed by atoms with Crippen molar-refractivity contribution < 1.29 is 4.42 Å². The van der Waals surface area contributed by atoms with Gasteiger partial charge in [-0.15, -0.1) is 0 Å². The topological polar surface area (TPSA) is 13.1 Å². The van der Waals surface area contributed by atoms with Gasteiger partial charge in [-0.25, -0.2) is 0 Å². The molecule has 136 valence electrons. The van der Waals surface area contributed by atoms with E-state index in [0.29, 0.717) is 0 Å². The molecule has 1 aliphatic carbocycles. The molecular weight excluding hydrogens is 340 g/mol. The fraction of sp³-hybridized carbons (Fsp3) is 0.111. The van der Waals surface area contributed by atoms with Gasteiger partial charge in [0.05, 0.1) is 0 Å². The lowest BCUT2D eigenvalue weighted by Gasteiger charge is -2.16. The van der Waals surface area contributed by atoms with Gasteiger partial charge in [0, 0.05) is 6.42 Å². The number of hydrogen-bond acceptors (Lipinski definition) is 1. The van der Waals surface area contributed by atoms with E-state index in [9.17, 15) is 0 Å². The first kappa shape index (κ1) is 16.8. The number of aryl methyl sites for hydroxylation is 2. The van der Waals surface area contributed by atoms with Gasteiger partial charge in [0.15, 0.2) is 0 Å². The van der Waals surface area contributed by atoms with Crippen LogP contribution in [0.2, 0.25) is 0 Å². The van der Waals surface area contributed by atoms with Gasteiger partial charge >= 0.3 is 0 Å². The van der Waals surface area contributed by atoms with Crippen LogP contribution >= 0.6 is 0 Å². The molecule has 0 saturated heterocycles. The highest BCUT2D eigenvalue weighted by Crippen LogP contribution is 2.42. The molecule has 1 heteroatoms. The predicted octanol–water partition coefficient (Wildman–Crippen LogP) is 7.33. The summed E-state index contributed by atoms with van der Waals surface area (Å²) in [6.45, 7) is 4.21. The Labute approximate surface area is 166 Å². The quantitative estimate of drug-likeness (QED) is 0.372. The molecule has 0 bridgehead atoms. The van der Waals surface area contributed by atoms with Gasteiger partial charge in [-0.2, -0.15) is 0 Å². The minimum Gasteiger partial charge on any atom is -0.462 e. The van der Waals surface area contributed by atoms with Gasteiger partial charge in [0.25, 0.3) is 0 Å². The third-order valence-electron chi connectivity index (χ3n) is 5.58. The number of benzene rings is 3. The fourth-order valence-electron chi connectivity index (χ4n) is 4.21. The van der Waals surface area contributed by atoms with E-state index in [0.717, 1.165) is 17.9 Å². The van der Waals surface area contributed by atoms with Crippen LogP contribution in [0.4, 0.5) is 0 Å². The van der Waals surface area contributed by atoms with Crippen molar-refractivity contribution in [1.82, 2.24) is 0 Å². The summed E-state index contributed by atoms with van der Waals surface area (Å²) in [7, 11) is 0. The van der Waals surface area contributed by atoms with E-state index in [-0.39, 0.29) is 0 Å². The molecule has 1 nitrogen and oxygen atoms in total. The zero-order valence-electron chi connectivity index (χ0n) is 16.2. The summed E-state index contributed by atoms with van der Waals surface area (Å²) in [5.74, 6) is 1.94. The molecule has 1 aliphatic rings. The Bertz CT molecular complexity index is 1190. The van der Waals surface area contributed by atoms with Crippen LogP contribution in [0.15, 0.2) is 83.3 Å². The van der Waals surface area contributed by atoms with Crippen molar-refractivity contribution in [1.29, 1.82) is 0 Å². The van der Waals surface area contributed by atoms with Crippen LogP contribution in [0, 0.1) is 13.8 Å². The molecule has 28 heavy (non-hydrogen) atoms. The maximum absolute atomic E-state index is 5.90. The summed E-state index contributed by atoms with van der Waals surface area (Å²) in [5, 5.41) is 0. The van der Waals surface area contributed by atoms with Crippen molar-refractivity contribution >= 4 is 11.6 Å². The van der Waals surface area contributed by atoms with Crippen molar-refractivity contribution in [3.05, 3.63) is 107 Å². The fourth-order valence-corrected chi connectivity index (χ4v) is 4.21. The van der Waals surface area contributed by atoms with Gasteiger partial charge < -0.3 is 4.42 Å². The SMILES string of the molecule is Cc1ccc(C2=Cc3c(ccc(C)c3-c3ccccc3-c3ccccc3)C2)o1. The Morgan fingerprint density at radius 3 is 2.21 bits per heavy atom. The lowest BCUT2D eigenvalue weighted by atomic mass is 9.88. The summed E-state index contributed by atoms with van der Waals surface area (Å²) < 4.78 is 5.90. The highest BCUT2D eigenvalue weighted by Gasteiger charge is 2.22. The van der Waals surface area contributed by atoms with Crippen molar-refractivity contribution in [2.24, 2.45) is 0 Å². The molecule has 0 aliphatic heterocycles. The smallest absolute Gasteiger partial charge is 0.130 e. The average molecular weight is 362 g/mol. The first-order chi connectivity index (χ1) is 13.7. The van der Waals surface area contributed by atoms with Gasteiger partial charge in [-0.05, 0) is 76.6 Å². The monoisotopic (exact) mass is 362 g/mol. The van der Waals surface area contributed by atoms with Crippen molar-refractivity contribution in [3.63, 3.8) is 0 Å². The molecule has 0 amide bonds. The molecular formula is C27H22O. The first-order valence-corrected chi connectivity index (χ1v) is 9.75. The molecule has 0 fully saturated rings. The molecule has 1 heterocycles. The molecule has 0 unspecified atom stereocenters. The molecule has 0 N–H and O–H groups in total. The van der Waals surface area contributed by atoms with Crippen LogP contribution in [-0.2, 0) is 6.42 Å². The van der Waals surface area contributed by atoms with Gasteiger partial charge in [0.1, 0.15) is 11.5 Å². The van der Waals surface area contributed by atoms with Gasteiger partial charge in [-0.3, -0.25) is 0 Å². The van der Waals surface area contributed by atoms with Crippen molar-refractivity contribution in [3.8, 4) is 22.3 Å². The van der Waals surface area contributed by atoms with Crippen LogP contribution in [-0.4, -0.2) is 0 Å². The van der Waals surface area contributed by atoms with E-state index in [1.54, 1.807) is 0 Å².